The molecule has 6 heteroatoms. The Bertz CT molecular complexity index is 322. The van der Waals surface area contributed by atoms with Gasteiger partial charge in [0, 0.05) is 18.0 Å². The molecule has 0 aliphatic carbocycles. The highest BCUT2D eigenvalue weighted by atomic mass is 32.2. The summed E-state index contributed by atoms with van der Waals surface area (Å²) in [4.78, 5) is 1.06. The molecule has 0 fully saturated rings. The molecule has 0 saturated heterocycles. The Kier molecular flexibility index (Phi) is 9.48. The summed E-state index contributed by atoms with van der Waals surface area (Å²) in [6.07, 6.45) is 0. The molecule has 108 valence electrons. The van der Waals surface area contributed by atoms with Gasteiger partial charge in [-0.25, -0.2) is 0 Å². The molecule has 0 heterocycles. The Morgan fingerprint density at radius 3 is 2.26 bits per heavy atom. The number of ether oxygens (including phenoxy) is 2. The van der Waals surface area contributed by atoms with Crippen LogP contribution in [0.5, 0.6) is 5.75 Å². The number of benzene rings is 1. The molecule has 0 aliphatic heterocycles. The van der Waals surface area contributed by atoms with E-state index in [9.17, 15) is 0 Å². The van der Waals surface area contributed by atoms with Crippen molar-refractivity contribution in [3.8, 4) is 5.75 Å². The minimum atomic E-state index is 0.283. The van der Waals surface area contributed by atoms with E-state index in [4.69, 9.17) is 14.6 Å². The van der Waals surface area contributed by atoms with Crippen molar-refractivity contribution in [1.82, 2.24) is 10.0 Å². The van der Waals surface area contributed by atoms with Crippen molar-refractivity contribution < 1.29 is 14.6 Å². The minimum Gasteiger partial charge on any atom is -0.508 e. The molecule has 0 aromatic heterocycles. The number of aromatic hydroxyl groups is 1. The van der Waals surface area contributed by atoms with E-state index in [1.807, 2.05) is 19.2 Å². The van der Waals surface area contributed by atoms with Gasteiger partial charge in [0.15, 0.2) is 0 Å². The highest BCUT2D eigenvalue weighted by Crippen LogP contribution is 2.17. The number of hydrogen-bond acceptors (Lipinski definition) is 6. The SMILES string of the molecule is CNCCOCCOCCNSc1ccc(O)cc1. The molecule has 0 unspecified atom stereocenters. The van der Waals surface area contributed by atoms with Crippen LogP contribution < -0.4 is 10.0 Å². The fraction of sp³-hybridized carbons (Fsp3) is 0.538. The Morgan fingerprint density at radius 1 is 1.00 bits per heavy atom. The molecule has 0 bridgehead atoms. The maximum absolute atomic E-state index is 9.14. The Labute approximate surface area is 118 Å². The smallest absolute Gasteiger partial charge is 0.115 e. The van der Waals surface area contributed by atoms with E-state index < -0.39 is 0 Å². The Morgan fingerprint density at radius 2 is 1.63 bits per heavy atom. The van der Waals surface area contributed by atoms with Crippen molar-refractivity contribution in [2.24, 2.45) is 0 Å². The van der Waals surface area contributed by atoms with Crippen LogP contribution in [0, 0.1) is 0 Å². The van der Waals surface area contributed by atoms with E-state index >= 15 is 0 Å². The van der Waals surface area contributed by atoms with Gasteiger partial charge in [0.1, 0.15) is 5.75 Å². The maximum Gasteiger partial charge on any atom is 0.115 e. The normalized spacial score (nSPS) is 10.8. The van der Waals surface area contributed by atoms with Gasteiger partial charge in [0.25, 0.3) is 0 Å². The van der Waals surface area contributed by atoms with Gasteiger partial charge in [-0.2, -0.15) is 0 Å². The summed E-state index contributed by atoms with van der Waals surface area (Å²) in [6, 6.07) is 7.07. The summed E-state index contributed by atoms with van der Waals surface area (Å²) in [5.41, 5.74) is 0. The van der Waals surface area contributed by atoms with Gasteiger partial charge in [0.05, 0.1) is 26.4 Å². The summed E-state index contributed by atoms with van der Waals surface area (Å²) in [5, 5.41) is 12.1. The molecule has 3 N–H and O–H groups in total. The zero-order valence-electron chi connectivity index (χ0n) is 11.2. The van der Waals surface area contributed by atoms with Gasteiger partial charge in [0.2, 0.25) is 0 Å². The molecule has 1 rings (SSSR count). The van der Waals surface area contributed by atoms with Crippen LogP contribution in [0.1, 0.15) is 0 Å². The lowest BCUT2D eigenvalue weighted by Crippen LogP contribution is -2.17. The number of nitrogens with one attached hydrogen (secondary N) is 2. The average Bonchev–Trinajstić information content (AvgIpc) is 2.43. The molecule has 5 nitrogen and oxygen atoms in total. The highest BCUT2D eigenvalue weighted by molar-refractivity contribution is 7.97. The topological polar surface area (TPSA) is 62.8 Å². The van der Waals surface area contributed by atoms with Crippen LogP contribution in [0.2, 0.25) is 0 Å². The van der Waals surface area contributed by atoms with Gasteiger partial charge in [-0.15, -0.1) is 0 Å². The molecule has 1 aromatic carbocycles. The van der Waals surface area contributed by atoms with Crippen LogP contribution in [0.25, 0.3) is 0 Å². The van der Waals surface area contributed by atoms with Gasteiger partial charge in [-0.3, -0.25) is 4.72 Å². The summed E-state index contributed by atoms with van der Waals surface area (Å²) >= 11 is 1.52. The first-order valence-electron chi connectivity index (χ1n) is 6.32. The molecule has 0 spiro atoms. The minimum absolute atomic E-state index is 0.283. The van der Waals surface area contributed by atoms with E-state index in [2.05, 4.69) is 10.0 Å². The van der Waals surface area contributed by atoms with E-state index in [1.165, 1.54) is 11.9 Å². The van der Waals surface area contributed by atoms with E-state index in [0.29, 0.717) is 19.8 Å². The molecule has 0 amide bonds. The van der Waals surface area contributed by atoms with Crippen LogP contribution in [-0.4, -0.2) is 51.7 Å². The number of hydrogen-bond donors (Lipinski definition) is 3. The lowest BCUT2D eigenvalue weighted by Gasteiger charge is -2.06. The third-order valence-electron chi connectivity index (χ3n) is 2.24. The molecular formula is C13H22N2O3S. The quantitative estimate of drug-likeness (QED) is 0.420. The first kappa shape index (κ1) is 16.3. The third-order valence-corrected chi connectivity index (χ3v) is 3.10. The Balaban J connectivity index is 1.87. The standard InChI is InChI=1S/C13H22N2O3S/c1-14-6-8-17-10-11-18-9-7-15-19-13-4-2-12(16)3-5-13/h2-5,14-16H,6-11H2,1H3. The maximum atomic E-state index is 9.14. The second-order valence-corrected chi connectivity index (χ2v) is 4.78. The van der Waals surface area contributed by atoms with Crippen LogP contribution >= 0.6 is 11.9 Å². The predicted octanol–water partition coefficient (Wildman–Crippen LogP) is 1.24. The van der Waals surface area contributed by atoms with Crippen LogP contribution in [0.3, 0.4) is 0 Å². The fourth-order valence-corrected chi connectivity index (χ4v) is 1.88. The molecule has 0 aliphatic rings. The molecule has 19 heavy (non-hydrogen) atoms. The molecule has 0 radical (unpaired) electrons. The van der Waals surface area contributed by atoms with E-state index in [1.54, 1.807) is 12.1 Å². The van der Waals surface area contributed by atoms with Crippen LogP contribution in [0.15, 0.2) is 29.2 Å². The predicted molar refractivity (Wildman–Crippen MR) is 77.5 cm³/mol. The zero-order valence-corrected chi connectivity index (χ0v) is 12.0. The second-order valence-electron chi connectivity index (χ2n) is 3.82. The molecular weight excluding hydrogens is 264 g/mol. The lowest BCUT2D eigenvalue weighted by molar-refractivity contribution is 0.0516. The zero-order chi connectivity index (χ0) is 13.8. The van der Waals surface area contributed by atoms with Crippen LogP contribution in [-0.2, 0) is 9.47 Å². The van der Waals surface area contributed by atoms with Gasteiger partial charge >= 0.3 is 0 Å². The van der Waals surface area contributed by atoms with Crippen molar-refractivity contribution in [3.63, 3.8) is 0 Å². The summed E-state index contributed by atoms with van der Waals surface area (Å²) in [5.74, 6) is 0.283. The fourth-order valence-electron chi connectivity index (χ4n) is 1.26. The molecule has 1 aromatic rings. The van der Waals surface area contributed by atoms with Crippen molar-refractivity contribution in [1.29, 1.82) is 0 Å². The summed E-state index contributed by atoms with van der Waals surface area (Å²) < 4.78 is 13.9. The van der Waals surface area contributed by atoms with E-state index in [0.717, 1.165) is 24.6 Å². The summed E-state index contributed by atoms with van der Waals surface area (Å²) in [7, 11) is 1.90. The largest absolute Gasteiger partial charge is 0.508 e. The van der Waals surface area contributed by atoms with Crippen molar-refractivity contribution in [2.75, 3.05) is 46.6 Å². The first-order chi connectivity index (χ1) is 9.33. The monoisotopic (exact) mass is 286 g/mol. The van der Waals surface area contributed by atoms with Gasteiger partial charge in [-0.05, 0) is 43.3 Å². The van der Waals surface area contributed by atoms with Crippen molar-refractivity contribution in [3.05, 3.63) is 24.3 Å². The molecule has 0 saturated carbocycles. The first-order valence-corrected chi connectivity index (χ1v) is 7.13. The van der Waals surface area contributed by atoms with Crippen LogP contribution in [0.4, 0.5) is 0 Å². The molecule has 0 atom stereocenters. The lowest BCUT2D eigenvalue weighted by atomic mass is 10.3. The number of phenols is 1. The highest BCUT2D eigenvalue weighted by Gasteiger charge is 1.94. The van der Waals surface area contributed by atoms with Crippen molar-refractivity contribution in [2.45, 2.75) is 4.90 Å². The Hall–Kier alpha value is -0.790. The number of phenolic OH excluding ortho intramolecular Hbond substituents is 1. The van der Waals surface area contributed by atoms with Gasteiger partial charge < -0.3 is 19.9 Å². The number of rotatable bonds is 11. The summed E-state index contributed by atoms with van der Waals surface area (Å²) in [6.45, 7) is 4.25. The van der Waals surface area contributed by atoms with E-state index in [-0.39, 0.29) is 5.75 Å². The average molecular weight is 286 g/mol. The van der Waals surface area contributed by atoms with Gasteiger partial charge in [-0.1, -0.05) is 0 Å². The number of likely N-dealkylation sites (N-methyl/N-ethyl adjacent to an activating group) is 1. The second kappa shape index (κ2) is 11.1. The van der Waals surface area contributed by atoms with Crippen molar-refractivity contribution >= 4 is 11.9 Å². The third kappa shape index (κ3) is 8.85.